The molecule has 2 atom stereocenters. The van der Waals surface area contributed by atoms with Gasteiger partial charge < -0.3 is 25.0 Å². The maximum atomic E-state index is 13.5. The van der Waals surface area contributed by atoms with Gasteiger partial charge in [-0.05, 0) is 101 Å². The lowest BCUT2D eigenvalue weighted by molar-refractivity contribution is -0.136. The van der Waals surface area contributed by atoms with Crippen LogP contribution in [0.3, 0.4) is 0 Å². The van der Waals surface area contributed by atoms with Gasteiger partial charge in [0.1, 0.15) is 22.8 Å². The van der Waals surface area contributed by atoms with Gasteiger partial charge in [0.05, 0.1) is 28.6 Å². The number of benzene rings is 1. The summed E-state index contributed by atoms with van der Waals surface area (Å²) in [6, 6.07) is 9.39. The van der Waals surface area contributed by atoms with Gasteiger partial charge in [-0.2, -0.15) is 10.2 Å². The standard InChI is InChI=1S/C46H55N13O5S/c1-46(15-4-7-35-38(46)31(25-47)40(48)65-35)43-52-41(53-64-43)32-10-16-49-44(50-32)58-23-21-56(22-24-58)27-37(61)57-19-11-28(12-20-57)26-55-17-13-29(14-18-55)30-5-3-6-33-39(30)54(2)45(63)59(33)34-8-9-36(60)51-42(34)62/h3,5-6,10,16,28-29,34H,4,7-9,11-15,17-24,26-27,48H2,1-2H3,(H,51,60,62)/t34?,46-/m0/s1. The fourth-order valence-electron chi connectivity index (χ4n) is 11.1. The molecule has 0 spiro atoms. The van der Waals surface area contributed by atoms with E-state index >= 15 is 0 Å². The molecule has 5 aliphatic rings. The van der Waals surface area contributed by atoms with Crippen LogP contribution in [0, 0.1) is 17.2 Å². The van der Waals surface area contributed by atoms with Crippen molar-refractivity contribution in [3.63, 3.8) is 0 Å². The monoisotopic (exact) mass is 901 g/mol. The first kappa shape index (κ1) is 43.0. The molecule has 18 nitrogen and oxygen atoms in total. The van der Waals surface area contributed by atoms with Gasteiger partial charge in [0, 0.05) is 75.9 Å². The molecule has 340 valence electrons. The molecule has 4 saturated heterocycles. The number of thiophene rings is 1. The molecule has 65 heavy (non-hydrogen) atoms. The summed E-state index contributed by atoms with van der Waals surface area (Å²) >= 11 is 1.47. The molecule has 8 heterocycles. The molecule has 0 saturated carbocycles. The maximum Gasteiger partial charge on any atom is 0.329 e. The highest BCUT2D eigenvalue weighted by molar-refractivity contribution is 7.16. The zero-order valence-electron chi connectivity index (χ0n) is 37.0. The first-order chi connectivity index (χ1) is 31.5. The van der Waals surface area contributed by atoms with Crippen molar-refractivity contribution in [2.24, 2.45) is 13.0 Å². The Bertz CT molecular complexity index is 2750. The number of hydrogen-bond acceptors (Lipinski definition) is 15. The van der Waals surface area contributed by atoms with E-state index in [1.165, 1.54) is 11.3 Å². The molecule has 3 N–H and O–H groups in total. The second kappa shape index (κ2) is 17.4. The van der Waals surface area contributed by atoms with E-state index in [9.17, 15) is 24.4 Å². The number of nitrogens with two attached hydrogens (primary N) is 1. The van der Waals surface area contributed by atoms with E-state index in [4.69, 9.17) is 20.2 Å². The fourth-order valence-corrected chi connectivity index (χ4v) is 12.3. The van der Waals surface area contributed by atoms with Crippen LogP contribution in [0.4, 0.5) is 10.9 Å². The molecule has 0 radical (unpaired) electrons. The minimum Gasteiger partial charge on any atom is -0.389 e. The highest BCUT2D eigenvalue weighted by Crippen LogP contribution is 2.48. The molecular formula is C46H55N13O5S. The van der Waals surface area contributed by atoms with Gasteiger partial charge in [0.2, 0.25) is 35.4 Å². The van der Waals surface area contributed by atoms with Crippen molar-refractivity contribution < 1.29 is 18.9 Å². The second-order valence-electron chi connectivity index (χ2n) is 18.7. The summed E-state index contributed by atoms with van der Waals surface area (Å²) < 4.78 is 9.10. The van der Waals surface area contributed by atoms with Gasteiger partial charge in [0.25, 0.3) is 0 Å². The zero-order chi connectivity index (χ0) is 45.0. The zero-order valence-corrected chi connectivity index (χ0v) is 37.8. The number of aromatic nitrogens is 6. The number of nitrogen functional groups attached to an aromatic ring is 1. The lowest BCUT2D eigenvalue weighted by atomic mass is 9.72. The number of hydrogen-bond donors (Lipinski definition) is 2. The van der Waals surface area contributed by atoms with Crippen LogP contribution < -0.4 is 21.6 Å². The molecule has 0 bridgehead atoms. The van der Waals surface area contributed by atoms with Crippen molar-refractivity contribution in [2.75, 3.05) is 76.1 Å². The lowest BCUT2D eigenvalue weighted by Crippen LogP contribution is -2.51. The Morgan fingerprint density at radius 3 is 2.52 bits per heavy atom. The summed E-state index contributed by atoms with van der Waals surface area (Å²) in [6.07, 6.45) is 8.79. The highest BCUT2D eigenvalue weighted by atomic mass is 32.1. The van der Waals surface area contributed by atoms with Crippen LogP contribution in [-0.4, -0.2) is 127 Å². The number of imidazole rings is 1. The molecule has 4 aromatic heterocycles. The van der Waals surface area contributed by atoms with Crippen LogP contribution in [0.2, 0.25) is 0 Å². The number of carbonyl (C=O) groups is 3. The van der Waals surface area contributed by atoms with Crippen LogP contribution in [0.1, 0.15) is 97.7 Å². The molecule has 1 aliphatic carbocycles. The first-order valence-electron chi connectivity index (χ1n) is 23.0. The maximum absolute atomic E-state index is 13.5. The molecule has 1 unspecified atom stereocenters. The Morgan fingerprint density at radius 2 is 1.77 bits per heavy atom. The average Bonchev–Trinajstić information content (AvgIpc) is 4.02. The van der Waals surface area contributed by atoms with E-state index in [1.807, 2.05) is 24.0 Å². The normalized spacial score (nSPS) is 22.9. The van der Waals surface area contributed by atoms with E-state index < -0.39 is 17.4 Å². The van der Waals surface area contributed by atoms with Crippen molar-refractivity contribution in [3.05, 3.63) is 68.4 Å². The van der Waals surface area contributed by atoms with Gasteiger partial charge >= 0.3 is 5.69 Å². The minimum absolute atomic E-state index is 0.185. The molecule has 3 amide bonds. The number of nitriles is 1. The predicted molar refractivity (Wildman–Crippen MR) is 243 cm³/mol. The van der Waals surface area contributed by atoms with E-state index in [-0.39, 0.29) is 23.9 Å². The lowest BCUT2D eigenvalue weighted by Gasteiger charge is -2.39. The Hall–Kier alpha value is -5.97. The van der Waals surface area contributed by atoms with Crippen molar-refractivity contribution >= 4 is 51.0 Å². The van der Waals surface area contributed by atoms with Crippen LogP contribution in [0.5, 0.6) is 0 Å². The van der Waals surface area contributed by atoms with E-state index in [1.54, 1.807) is 28.4 Å². The SMILES string of the molecule is Cn1c(=O)n(C2CCC(=O)NC2=O)c2cccc(C3CCN(CC4CCN(C(=O)CN5CCN(c6nccc(-c7noc([C@@]8(C)CCCc9sc(N)c(C#N)c98)n7)n6)CC5)CC4)CC3)c21. The number of anilines is 2. The third-order valence-electron chi connectivity index (χ3n) is 14.7. The van der Waals surface area contributed by atoms with E-state index in [0.717, 1.165) is 118 Å². The number of carbonyl (C=O) groups excluding carboxylic acids is 3. The summed E-state index contributed by atoms with van der Waals surface area (Å²) in [7, 11) is 1.78. The summed E-state index contributed by atoms with van der Waals surface area (Å²) in [6.45, 7) is 9.79. The van der Waals surface area contributed by atoms with Crippen molar-refractivity contribution in [1.29, 1.82) is 5.26 Å². The molecule has 4 fully saturated rings. The van der Waals surface area contributed by atoms with Gasteiger partial charge in [0.15, 0.2) is 0 Å². The second-order valence-corrected chi connectivity index (χ2v) is 19.8. The Balaban J connectivity index is 0.684. The number of piperidine rings is 3. The Morgan fingerprint density at radius 1 is 0.985 bits per heavy atom. The van der Waals surface area contributed by atoms with Gasteiger partial charge in [-0.15, -0.1) is 11.3 Å². The van der Waals surface area contributed by atoms with Gasteiger partial charge in [-0.25, -0.2) is 14.8 Å². The number of nitrogens with one attached hydrogen (secondary N) is 1. The van der Waals surface area contributed by atoms with Crippen LogP contribution in [0.15, 0.2) is 39.8 Å². The number of imide groups is 1. The number of piperazine rings is 1. The van der Waals surface area contributed by atoms with Crippen LogP contribution >= 0.6 is 11.3 Å². The summed E-state index contributed by atoms with van der Waals surface area (Å²) in [5.41, 5.74) is 10.1. The van der Waals surface area contributed by atoms with Crippen molar-refractivity contribution in [3.8, 4) is 17.6 Å². The Labute approximate surface area is 380 Å². The fraction of sp³-hybridized carbons (Fsp3) is 0.543. The smallest absolute Gasteiger partial charge is 0.329 e. The molecule has 10 rings (SSSR count). The molecule has 1 aromatic carbocycles. The summed E-state index contributed by atoms with van der Waals surface area (Å²) in [5, 5.41) is 17.1. The Kier molecular flexibility index (Phi) is 11.5. The largest absolute Gasteiger partial charge is 0.389 e. The van der Waals surface area contributed by atoms with Gasteiger partial charge in [-0.1, -0.05) is 17.3 Å². The number of para-hydroxylation sites is 1. The number of aryl methyl sites for hydroxylation is 2. The van der Waals surface area contributed by atoms with Crippen LogP contribution in [-0.2, 0) is 33.3 Å². The topological polar surface area (TPSA) is 218 Å². The van der Waals surface area contributed by atoms with Crippen molar-refractivity contribution in [2.45, 2.75) is 82.1 Å². The summed E-state index contributed by atoms with van der Waals surface area (Å²) in [5.74, 6) is 1.72. The minimum atomic E-state index is -0.694. The number of nitrogens with zero attached hydrogens (tertiary/aromatic N) is 11. The molecule has 5 aromatic rings. The van der Waals surface area contributed by atoms with Gasteiger partial charge in [-0.3, -0.25) is 33.7 Å². The summed E-state index contributed by atoms with van der Waals surface area (Å²) in [4.78, 5) is 75.8. The quantitative estimate of drug-likeness (QED) is 0.202. The van der Waals surface area contributed by atoms with E-state index in [0.29, 0.717) is 71.8 Å². The molecule has 4 aliphatic heterocycles. The average molecular weight is 902 g/mol. The van der Waals surface area contributed by atoms with E-state index in [2.05, 4.69) is 42.3 Å². The number of likely N-dealkylation sites (tertiary alicyclic amines) is 2. The highest BCUT2D eigenvalue weighted by Gasteiger charge is 2.43. The third kappa shape index (κ3) is 7.99. The first-order valence-corrected chi connectivity index (χ1v) is 23.8. The van der Waals surface area contributed by atoms with Crippen LogP contribution in [0.25, 0.3) is 22.6 Å². The molecule has 19 heteroatoms. The predicted octanol–water partition coefficient (Wildman–Crippen LogP) is 3.56. The number of fused-ring (bicyclic) bond motifs is 2. The third-order valence-corrected chi connectivity index (χ3v) is 15.8. The number of rotatable bonds is 9. The van der Waals surface area contributed by atoms with Crippen molar-refractivity contribution in [1.82, 2.24) is 49.3 Å². The molecular weight excluding hydrogens is 847 g/mol. The number of amides is 3.